The van der Waals surface area contributed by atoms with Crippen LogP contribution in [0.4, 0.5) is 0 Å². The highest BCUT2D eigenvalue weighted by Crippen LogP contribution is 2.44. The van der Waals surface area contributed by atoms with E-state index < -0.39 is 0 Å². The second-order valence-corrected chi connectivity index (χ2v) is 10.1. The Morgan fingerprint density at radius 1 is 0.650 bits per heavy atom. The molecule has 4 atom stereocenters. The molecule has 0 bridgehead atoms. The Bertz CT molecular complexity index is 377. The summed E-state index contributed by atoms with van der Waals surface area (Å²) >= 11 is 11.2. The third-order valence-electron chi connectivity index (χ3n) is 5.67. The van der Waals surface area contributed by atoms with E-state index in [1.807, 2.05) is 0 Å². The zero-order chi connectivity index (χ0) is 13.7. The molecule has 110 valence electrons. The monoisotopic (exact) mass is 344 g/mol. The maximum Gasteiger partial charge on any atom is 0.147 e. The molecule has 0 radical (unpaired) electrons. The predicted octanol–water partition coefficient (Wildman–Crippen LogP) is 3.62. The van der Waals surface area contributed by atoms with Crippen molar-refractivity contribution in [3.05, 3.63) is 0 Å². The zero-order valence-electron chi connectivity index (χ0n) is 11.5. The van der Waals surface area contributed by atoms with Crippen molar-refractivity contribution in [1.29, 1.82) is 0 Å². The highest BCUT2D eigenvalue weighted by molar-refractivity contribution is 8.89. The van der Waals surface area contributed by atoms with E-state index >= 15 is 0 Å². The number of hydrogen-bond donors (Lipinski definition) is 0. The molecule has 0 spiro atoms. The minimum Gasteiger partial charge on any atom is -0.356 e. The quantitative estimate of drug-likeness (QED) is 0.486. The fraction of sp³-hybridized carbons (Fsp3) is 0.857. The molecule has 4 fully saturated rings. The summed E-state index contributed by atoms with van der Waals surface area (Å²) in [5.74, 6) is 3.72. The lowest BCUT2D eigenvalue weighted by Crippen LogP contribution is -2.26. The van der Waals surface area contributed by atoms with E-state index in [0.29, 0.717) is 0 Å². The summed E-state index contributed by atoms with van der Waals surface area (Å²) < 4.78 is 2.10. The van der Waals surface area contributed by atoms with Crippen molar-refractivity contribution < 1.29 is 0 Å². The summed E-state index contributed by atoms with van der Waals surface area (Å²) in [6, 6.07) is 0. The highest BCUT2D eigenvalue weighted by Gasteiger charge is 2.41. The molecular weight excluding hydrogens is 324 g/mol. The van der Waals surface area contributed by atoms with Crippen molar-refractivity contribution in [3.63, 3.8) is 0 Å². The lowest BCUT2D eigenvalue weighted by atomic mass is 9.77. The molecule has 0 aromatic carbocycles. The molecule has 2 saturated carbocycles. The van der Waals surface area contributed by atoms with Crippen LogP contribution in [0.2, 0.25) is 0 Å². The molecule has 0 amide bonds. The lowest BCUT2D eigenvalue weighted by Gasteiger charge is -2.27. The SMILES string of the molecule is S=C(SSC(=S)N1CC2CCC2C1)N1CC2CCC2C1. The minimum absolute atomic E-state index is 0.930. The number of likely N-dealkylation sites (tertiary alicyclic amines) is 2. The van der Waals surface area contributed by atoms with Crippen molar-refractivity contribution in [2.75, 3.05) is 26.2 Å². The van der Waals surface area contributed by atoms with Crippen molar-refractivity contribution in [3.8, 4) is 0 Å². The van der Waals surface area contributed by atoms with E-state index in [4.69, 9.17) is 24.4 Å². The van der Waals surface area contributed by atoms with Gasteiger partial charge in [0.05, 0.1) is 0 Å². The molecule has 4 rings (SSSR count). The van der Waals surface area contributed by atoms with E-state index in [1.54, 1.807) is 21.6 Å². The number of nitrogens with zero attached hydrogens (tertiary/aromatic N) is 2. The standard InChI is InChI=1S/C14H20N2S4/c17-13(15-5-9-1-2-10(9)6-15)19-20-14(18)16-7-11-3-4-12(11)8-16/h9-12H,1-8H2. The van der Waals surface area contributed by atoms with Crippen LogP contribution in [0.15, 0.2) is 0 Å². The van der Waals surface area contributed by atoms with E-state index in [-0.39, 0.29) is 0 Å². The molecule has 6 heteroatoms. The van der Waals surface area contributed by atoms with Gasteiger partial charge in [0, 0.05) is 26.2 Å². The minimum atomic E-state index is 0.930. The average molecular weight is 345 g/mol. The molecule has 0 aromatic heterocycles. The third kappa shape index (κ3) is 2.50. The van der Waals surface area contributed by atoms with Crippen molar-refractivity contribution in [1.82, 2.24) is 9.80 Å². The van der Waals surface area contributed by atoms with Gasteiger partial charge in [0.2, 0.25) is 0 Å². The van der Waals surface area contributed by atoms with Crippen LogP contribution in [0, 0.1) is 23.7 Å². The largest absolute Gasteiger partial charge is 0.356 e. The Kier molecular flexibility index (Phi) is 3.94. The summed E-state index contributed by atoms with van der Waals surface area (Å²) in [6.07, 6.45) is 5.65. The van der Waals surface area contributed by atoms with Gasteiger partial charge in [0.25, 0.3) is 0 Å². The molecule has 2 aliphatic heterocycles. The maximum atomic E-state index is 5.59. The summed E-state index contributed by atoms with van der Waals surface area (Å²) in [5.41, 5.74) is 0. The predicted molar refractivity (Wildman–Crippen MR) is 96.0 cm³/mol. The normalized spacial score (nSPS) is 38.0. The molecule has 2 nitrogen and oxygen atoms in total. The third-order valence-corrected chi connectivity index (χ3v) is 9.40. The molecule has 4 unspecified atom stereocenters. The molecule has 4 aliphatic rings. The first kappa shape index (κ1) is 14.1. The van der Waals surface area contributed by atoms with Gasteiger partial charge in [0.15, 0.2) is 0 Å². The summed E-state index contributed by atoms with van der Waals surface area (Å²) in [6.45, 7) is 4.77. The van der Waals surface area contributed by atoms with Crippen molar-refractivity contribution in [2.24, 2.45) is 23.7 Å². The maximum absolute atomic E-state index is 5.59. The van der Waals surface area contributed by atoms with Crippen LogP contribution in [-0.4, -0.2) is 44.6 Å². The first-order valence-electron chi connectivity index (χ1n) is 7.63. The first-order valence-corrected chi connectivity index (χ1v) is 10.6. The van der Waals surface area contributed by atoms with Crippen LogP contribution in [0.3, 0.4) is 0 Å². The Morgan fingerprint density at radius 2 is 0.950 bits per heavy atom. The molecule has 2 heterocycles. The molecular formula is C14H20N2S4. The van der Waals surface area contributed by atoms with Gasteiger partial charge >= 0.3 is 0 Å². The van der Waals surface area contributed by atoms with Gasteiger partial charge in [-0.25, -0.2) is 0 Å². The smallest absolute Gasteiger partial charge is 0.147 e. The molecule has 20 heavy (non-hydrogen) atoms. The van der Waals surface area contributed by atoms with Gasteiger partial charge in [-0.15, -0.1) is 0 Å². The average Bonchev–Trinajstić information content (AvgIpc) is 2.85. The first-order chi connectivity index (χ1) is 9.70. The molecule has 0 aromatic rings. The van der Waals surface area contributed by atoms with Gasteiger partial charge < -0.3 is 9.80 Å². The summed E-state index contributed by atoms with van der Waals surface area (Å²) in [4.78, 5) is 4.82. The molecule has 2 saturated heterocycles. The second kappa shape index (κ2) is 5.60. The van der Waals surface area contributed by atoms with Crippen LogP contribution < -0.4 is 0 Å². The number of fused-ring (bicyclic) bond motifs is 2. The van der Waals surface area contributed by atoms with E-state index in [0.717, 1.165) is 32.3 Å². The van der Waals surface area contributed by atoms with Gasteiger partial charge in [-0.1, -0.05) is 24.4 Å². The van der Waals surface area contributed by atoms with Gasteiger partial charge in [-0.3, -0.25) is 0 Å². The van der Waals surface area contributed by atoms with E-state index in [1.165, 1.54) is 51.9 Å². The van der Waals surface area contributed by atoms with Crippen LogP contribution >= 0.6 is 46.0 Å². The summed E-state index contributed by atoms with van der Waals surface area (Å²) in [7, 11) is 3.43. The Labute approximate surface area is 139 Å². The fourth-order valence-corrected chi connectivity index (χ4v) is 6.62. The van der Waals surface area contributed by atoms with E-state index in [2.05, 4.69) is 9.80 Å². The van der Waals surface area contributed by atoms with Gasteiger partial charge in [0.1, 0.15) is 8.64 Å². The second-order valence-electron chi connectivity index (χ2n) is 6.70. The molecule has 0 N–H and O–H groups in total. The molecule has 2 aliphatic carbocycles. The number of rotatable bonds is 0. The van der Waals surface area contributed by atoms with Crippen LogP contribution in [-0.2, 0) is 0 Å². The van der Waals surface area contributed by atoms with Crippen LogP contribution in [0.25, 0.3) is 0 Å². The van der Waals surface area contributed by atoms with Gasteiger partial charge in [-0.2, -0.15) is 0 Å². The lowest BCUT2D eigenvalue weighted by molar-refractivity contribution is 0.243. The van der Waals surface area contributed by atoms with E-state index in [9.17, 15) is 0 Å². The fourth-order valence-electron chi connectivity index (χ4n) is 3.99. The highest BCUT2D eigenvalue weighted by atomic mass is 33.1. The Hall–Kier alpha value is 0.480. The van der Waals surface area contributed by atoms with Crippen LogP contribution in [0.1, 0.15) is 25.7 Å². The number of hydrogen-bond acceptors (Lipinski definition) is 4. The zero-order valence-corrected chi connectivity index (χ0v) is 14.8. The Morgan fingerprint density at radius 3 is 1.20 bits per heavy atom. The topological polar surface area (TPSA) is 6.48 Å². The van der Waals surface area contributed by atoms with Crippen LogP contribution in [0.5, 0.6) is 0 Å². The Balaban J connectivity index is 1.23. The summed E-state index contributed by atoms with van der Waals surface area (Å²) in [5, 5.41) is 0. The van der Waals surface area contributed by atoms with Gasteiger partial charge in [-0.05, 0) is 70.9 Å². The number of thiocarbonyl (C=S) groups is 2. The van der Waals surface area contributed by atoms with Crippen molar-refractivity contribution in [2.45, 2.75) is 25.7 Å². The van der Waals surface area contributed by atoms with Crippen molar-refractivity contribution >= 4 is 54.7 Å².